The summed E-state index contributed by atoms with van der Waals surface area (Å²) in [5.74, 6) is 1.26. The molecule has 30 heavy (non-hydrogen) atoms. The van der Waals surface area contributed by atoms with E-state index in [0.29, 0.717) is 23.5 Å². The summed E-state index contributed by atoms with van der Waals surface area (Å²) in [6.07, 6.45) is 4.23. The number of benzene rings is 1. The van der Waals surface area contributed by atoms with Crippen molar-refractivity contribution in [3.05, 3.63) is 51.9 Å². The molecule has 2 aromatic heterocycles. The van der Waals surface area contributed by atoms with Crippen LogP contribution in [0.4, 0.5) is 5.95 Å². The van der Waals surface area contributed by atoms with Gasteiger partial charge in [0, 0.05) is 19.6 Å². The lowest BCUT2D eigenvalue weighted by atomic mass is 9.99. The Balaban J connectivity index is 1.43. The maximum absolute atomic E-state index is 12.4. The molecule has 1 fully saturated rings. The largest absolute Gasteiger partial charge is 0.352 e. The first-order valence-electron chi connectivity index (χ1n) is 10.8. The molecule has 0 radical (unpaired) electrons. The van der Waals surface area contributed by atoms with Gasteiger partial charge >= 0.3 is 0 Å². The van der Waals surface area contributed by atoms with Crippen LogP contribution >= 0.6 is 0 Å². The fourth-order valence-electron chi connectivity index (χ4n) is 4.13. The topological polar surface area (TPSA) is 78.8 Å². The van der Waals surface area contributed by atoms with Gasteiger partial charge in [0.15, 0.2) is 5.65 Å². The number of aromatic amines is 1. The summed E-state index contributed by atoms with van der Waals surface area (Å²) in [6.45, 7) is 12.5. The number of nitrogens with zero attached hydrogens (tertiary/aromatic N) is 4. The number of likely N-dealkylation sites (tertiary alicyclic amines) is 1. The zero-order valence-electron chi connectivity index (χ0n) is 18.4. The smallest absolute Gasteiger partial charge is 0.263 e. The molecule has 0 spiro atoms. The molecular formula is C23H32N6O. The molecule has 7 heteroatoms. The Morgan fingerprint density at radius 2 is 1.93 bits per heavy atom. The van der Waals surface area contributed by atoms with Gasteiger partial charge in [0.05, 0.1) is 11.7 Å². The number of hydrogen-bond acceptors (Lipinski definition) is 5. The van der Waals surface area contributed by atoms with Gasteiger partial charge < -0.3 is 5.32 Å². The number of piperidine rings is 1. The summed E-state index contributed by atoms with van der Waals surface area (Å²) in [6, 6.07) is 8.69. The molecule has 0 amide bonds. The van der Waals surface area contributed by atoms with Crippen LogP contribution in [0.1, 0.15) is 51.7 Å². The average molecular weight is 409 g/mol. The zero-order chi connectivity index (χ0) is 21.3. The third-order valence-corrected chi connectivity index (χ3v) is 5.70. The third kappa shape index (κ3) is 4.56. The van der Waals surface area contributed by atoms with Crippen molar-refractivity contribution in [3.8, 4) is 0 Å². The van der Waals surface area contributed by atoms with E-state index in [2.05, 4.69) is 56.5 Å². The lowest BCUT2D eigenvalue weighted by Gasteiger charge is -2.30. The summed E-state index contributed by atoms with van der Waals surface area (Å²) in [4.78, 5) is 22.4. The van der Waals surface area contributed by atoms with E-state index in [1.54, 1.807) is 10.9 Å². The van der Waals surface area contributed by atoms with Crippen LogP contribution in [-0.2, 0) is 18.6 Å². The second kappa shape index (κ2) is 8.22. The van der Waals surface area contributed by atoms with Gasteiger partial charge in [-0.1, -0.05) is 31.2 Å². The molecule has 0 aliphatic carbocycles. The van der Waals surface area contributed by atoms with Crippen molar-refractivity contribution in [2.45, 2.75) is 59.2 Å². The minimum atomic E-state index is -0.248. The summed E-state index contributed by atoms with van der Waals surface area (Å²) < 4.78 is 1.79. The summed E-state index contributed by atoms with van der Waals surface area (Å²) in [7, 11) is 0. The fourth-order valence-corrected chi connectivity index (χ4v) is 4.13. The van der Waals surface area contributed by atoms with Crippen LogP contribution in [0.15, 0.2) is 35.3 Å². The number of aromatic nitrogens is 4. The van der Waals surface area contributed by atoms with E-state index in [0.717, 1.165) is 18.0 Å². The van der Waals surface area contributed by atoms with Crippen LogP contribution in [0, 0.1) is 5.92 Å². The van der Waals surface area contributed by atoms with Gasteiger partial charge in [-0.15, -0.1) is 0 Å². The Hall–Kier alpha value is -2.67. The van der Waals surface area contributed by atoms with Gasteiger partial charge in [0.1, 0.15) is 5.39 Å². The molecule has 1 atom stereocenters. The van der Waals surface area contributed by atoms with E-state index in [9.17, 15) is 4.79 Å². The molecule has 1 unspecified atom stereocenters. The standard InChI is InChI=1S/C23H32N6O/c1-16-6-5-11-28(14-16)15-18-9-7-17(8-10-18)12-24-22-26-20-19(21(30)27-22)13-25-29(20)23(2,3)4/h7-10,13,16H,5-6,11-12,14-15H2,1-4H3,(H2,24,26,27,30). The maximum atomic E-state index is 12.4. The molecule has 7 nitrogen and oxygen atoms in total. The molecule has 3 aromatic rings. The van der Waals surface area contributed by atoms with Crippen molar-refractivity contribution >= 4 is 17.0 Å². The molecule has 1 aliphatic rings. The summed E-state index contributed by atoms with van der Waals surface area (Å²) in [5, 5.41) is 8.11. The van der Waals surface area contributed by atoms with Crippen molar-refractivity contribution in [2.75, 3.05) is 18.4 Å². The van der Waals surface area contributed by atoms with Gasteiger partial charge in [-0.3, -0.25) is 14.7 Å². The number of nitrogens with one attached hydrogen (secondary N) is 2. The second-order valence-corrected chi connectivity index (χ2v) is 9.53. The van der Waals surface area contributed by atoms with E-state index >= 15 is 0 Å². The molecule has 1 aromatic carbocycles. The first-order valence-corrected chi connectivity index (χ1v) is 10.8. The predicted octanol–water partition coefficient (Wildman–Crippen LogP) is 3.72. The highest BCUT2D eigenvalue weighted by Crippen LogP contribution is 2.20. The van der Waals surface area contributed by atoms with Crippen molar-refractivity contribution in [1.29, 1.82) is 0 Å². The van der Waals surface area contributed by atoms with Crippen LogP contribution in [0.25, 0.3) is 11.0 Å². The highest BCUT2D eigenvalue weighted by atomic mass is 16.1. The maximum Gasteiger partial charge on any atom is 0.263 e. The molecule has 3 heterocycles. The monoisotopic (exact) mass is 408 g/mol. The highest BCUT2D eigenvalue weighted by Gasteiger charge is 2.20. The molecular weight excluding hydrogens is 376 g/mol. The van der Waals surface area contributed by atoms with Gasteiger partial charge in [0.25, 0.3) is 5.56 Å². The minimum absolute atomic E-state index is 0.177. The molecule has 1 saturated heterocycles. The van der Waals surface area contributed by atoms with Crippen molar-refractivity contribution in [3.63, 3.8) is 0 Å². The summed E-state index contributed by atoms with van der Waals surface area (Å²) in [5.41, 5.74) is 2.67. The first kappa shape index (κ1) is 20.6. The minimum Gasteiger partial charge on any atom is -0.352 e. The van der Waals surface area contributed by atoms with Crippen LogP contribution in [0.2, 0.25) is 0 Å². The Labute approximate surface area is 177 Å². The van der Waals surface area contributed by atoms with E-state index in [4.69, 9.17) is 0 Å². The van der Waals surface area contributed by atoms with Crippen molar-refractivity contribution < 1.29 is 0 Å². The molecule has 0 bridgehead atoms. The number of rotatable bonds is 5. The predicted molar refractivity (Wildman–Crippen MR) is 121 cm³/mol. The molecule has 1 aliphatic heterocycles. The van der Waals surface area contributed by atoms with Gasteiger partial charge in [-0.2, -0.15) is 10.1 Å². The van der Waals surface area contributed by atoms with Gasteiger partial charge in [0.2, 0.25) is 5.95 Å². The van der Waals surface area contributed by atoms with Gasteiger partial charge in [-0.25, -0.2) is 4.68 Å². The van der Waals surface area contributed by atoms with E-state index < -0.39 is 0 Å². The lowest BCUT2D eigenvalue weighted by molar-refractivity contribution is 0.176. The lowest BCUT2D eigenvalue weighted by Crippen LogP contribution is -2.33. The normalized spacial score (nSPS) is 18.1. The number of H-pyrrole nitrogens is 1. The molecule has 4 rings (SSSR count). The Bertz CT molecular complexity index is 1060. The van der Waals surface area contributed by atoms with Crippen molar-refractivity contribution in [2.24, 2.45) is 5.92 Å². The Morgan fingerprint density at radius 3 is 2.63 bits per heavy atom. The third-order valence-electron chi connectivity index (χ3n) is 5.70. The zero-order valence-corrected chi connectivity index (χ0v) is 18.4. The summed E-state index contributed by atoms with van der Waals surface area (Å²) >= 11 is 0. The van der Waals surface area contributed by atoms with Crippen molar-refractivity contribution in [1.82, 2.24) is 24.6 Å². The van der Waals surface area contributed by atoms with Crippen LogP contribution < -0.4 is 10.9 Å². The number of hydrogen-bond donors (Lipinski definition) is 2. The quantitative estimate of drug-likeness (QED) is 0.673. The Kier molecular flexibility index (Phi) is 5.64. The van der Waals surface area contributed by atoms with Crippen LogP contribution in [-0.4, -0.2) is 37.7 Å². The molecule has 0 saturated carbocycles. The van der Waals surface area contributed by atoms with E-state index in [1.807, 2.05) is 20.8 Å². The number of anilines is 1. The molecule has 160 valence electrons. The molecule has 2 N–H and O–H groups in total. The van der Waals surface area contributed by atoms with Gasteiger partial charge in [-0.05, 0) is 57.2 Å². The second-order valence-electron chi connectivity index (χ2n) is 9.53. The first-order chi connectivity index (χ1) is 14.3. The average Bonchev–Trinajstić information content (AvgIpc) is 3.13. The van der Waals surface area contributed by atoms with E-state index in [-0.39, 0.29) is 11.1 Å². The van der Waals surface area contributed by atoms with Crippen LogP contribution in [0.3, 0.4) is 0 Å². The fraction of sp³-hybridized carbons (Fsp3) is 0.522. The van der Waals surface area contributed by atoms with E-state index in [1.165, 1.54) is 31.5 Å². The van der Waals surface area contributed by atoms with Crippen LogP contribution in [0.5, 0.6) is 0 Å². The number of fused-ring (bicyclic) bond motifs is 1. The highest BCUT2D eigenvalue weighted by molar-refractivity contribution is 5.74. The SMILES string of the molecule is CC1CCCN(Cc2ccc(CNc3nc4c(cnn4C(C)(C)C)c(=O)[nH]3)cc2)C1. The Morgan fingerprint density at radius 1 is 1.20 bits per heavy atom.